The van der Waals surface area contributed by atoms with E-state index in [9.17, 15) is 0 Å². The first-order valence-electron chi connectivity index (χ1n) is 10.4. The highest BCUT2D eigenvalue weighted by Gasteiger charge is 2.37. The van der Waals surface area contributed by atoms with Gasteiger partial charge in [0.2, 0.25) is 0 Å². The van der Waals surface area contributed by atoms with E-state index in [1.807, 2.05) is 6.20 Å². The Morgan fingerprint density at radius 1 is 0.793 bits per heavy atom. The van der Waals surface area contributed by atoms with Crippen LogP contribution in [0.3, 0.4) is 0 Å². The molecule has 0 atom stereocenters. The summed E-state index contributed by atoms with van der Waals surface area (Å²) in [7, 11) is 0. The van der Waals surface area contributed by atoms with Gasteiger partial charge in [-0.3, -0.25) is 4.98 Å². The van der Waals surface area contributed by atoms with E-state index >= 15 is 0 Å². The second kappa shape index (κ2) is 6.03. The molecule has 0 saturated carbocycles. The van der Waals surface area contributed by atoms with Crippen LogP contribution in [0.2, 0.25) is 0 Å². The van der Waals surface area contributed by atoms with E-state index in [1.165, 1.54) is 44.2 Å². The Kier molecular flexibility index (Phi) is 3.77. The van der Waals surface area contributed by atoms with E-state index < -0.39 is 0 Å². The molecule has 0 aliphatic heterocycles. The zero-order valence-electron chi connectivity index (χ0n) is 17.9. The standard InChI is InChI=1S/C28H27N/c1-27(2,3)20-14-15-29-25(17-20)19-11-12-22-23-13-10-18-8-6-7-9-21(18)26(23)28(4,5)24(22)16-19/h6-17H,1-5H3. The van der Waals surface area contributed by atoms with E-state index in [0.29, 0.717) is 0 Å². The summed E-state index contributed by atoms with van der Waals surface area (Å²) in [5, 5.41) is 2.67. The molecule has 0 radical (unpaired) electrons. The average molecular weight is 378 g/mol. The Morgan fingerprint density at radius 2 is 1.55 bits per heavy atom. The lowest BCUT2D eigenvalue weighted by Crippen LogP contribution is -2.15. The smallest absolute Gasteiger partial charge is 0.0705 e. The zero-order chi connectivity index (χ0) is 20.4. The second-order valence-corrected chi connectivity index (χ2v) is 9.77. The third kappa shape index (κ3) is 2.72. The van der Waals surface area contributed by atoms with Crippen molar-refractivity contribution < 1.29 is 0 Å². The molecule has 0 spiro atoms. The fourth-order valence-electron chi connectivity index (χ4n) is 4.81. The molecule has 0 saturated heterocycles. The number of benzene rings is 3. The number of rotatable bonds is 1. The summed E-state index contributed by atoms with van der Waals surface area (Å²) >= 11 is 0. The topological polar surface area (TPSA) is 12.9 Å². The normalized spacial score (nSPS) is 14.7. The van der Waals surface area contributed by atoms with Crippen LogP contribution in [0.4, 0.5) is 0 Å². The first kappa shape index (κ1) is 18.1. The summed E-state index contributed by atoms with van der Waals surface area (Å²) in [6.45, 7) is 11.5. The van der Waals surface area contributed by atoms with Gasteiger partial charge in [0.25, 0.3) is 0 Å². The van der Waals surface area contributed by atoms with Gasteiger partial charge in [-0.15, -0.1) is 0 Å². The Bertz CT molecular complexity index is 1260. The van der Waals surface area contributed by atoms with Crippen LogP contribution in [0.25, 0.3) is 33.2 Å². The van der Waals surface area contributed by atoms with Gasteiger partial charge in [0.05, 0.1) is 5.69 Å². The molecule has 1 heteroatoms. The molecule has 0 amide bonds. The number of fused-ring (bicyclic) bond motifs is 5. The van der Waals surface area contributed by atoms with Crippen LogP contribution in [0, 0.1) is 0 Å². The van der Waals surface area contributed by atoms with Crippen molar-refractivity contribution in [1.29, 1.82) is 0 Å². The van der Waals surface area contributed by atoms with Crippen molar-refractivity contribution in [2.24, 2.45) is 0 Å². The molecule has 1 nitrogen and oxygen atoms in total. The minimum atomic E-state index is -0.0385. The molecule has 0 unspecified atom stereocenters. The van der Waals surface area contributed by atoms with Crippen LogP contribution in [-0.4, -0.2) is 4.98 Å². The highest BCUT2D eigenvalue weighted by molar-refractivity contribution is 5.97. The summed E-state index contributed by atoms with van der Waals surface area (Å²) in [5.41, 5.74) is 9.20. The summed E-state index contributed by atoms with van der Waals surface area (Å²) < 4.78 is 0. The van der Waals surface area contributed by atoms with Crippen molar-refractivity contribution in [2.75, 3.05) is 0 Å². The van der Waals surface area contributed by atoms with Gasteiger partial charge in [-0.2, -0.15) is 0 Å². The Hall–Kier alpha value is -2.93. The van der Waals surface area contributed by atoms with Crippen LogP contribution in [0.15, 0.2) is 72.9 Å². The highest BCUT2D eigenvalue weighted by atomic mass is 14.7. The molecule has 29 heavy (non-hydrogen) atoms. The fraction of sp³-hybridized carbons (Fsp3) is 0.250. The van der Waals surface area contributed by atoms with Crippen molar-refractivity contribution in [3.05, 3.63) is 89.6 Å². The average Bonchev–Trinajstić information content (AvgIpc) is 2.94. The van der Waals surface area contributed by atoms with Crippen LogP contribution in [0.1, 0.15) is 51.3 Å². The van der Waals surface area contributed by atoms with Gasteiger partial charge in [0, 0.05) is 17.2 Å². The Labute approximate surface area is 173 Å². The molecule has 1 heterocycles. The molecule has 0 N–H and O–H groups in total. The quantitative estimate of drug-likeness (QED) is 0.334. The molecular formula is C28H27N. The van der Waals surface area contributed by atoms with E-state index in [4.69, 9.17) is 4.98 Å². The molecule has 5 rings (SSSR count). The molecular weight excluding hydrogens is 350 g/mol. The molecule has 1 aromatic heterocycles. The first-order chi connectivity index (χ1) is 13.8. The third-order valence-corrected chi connectivity index (χ3v) is 6.46. The summed E-state index contributed by atoms with van der Waals surface area (Å²) in [4.78, 5) is 4.70. The lowest BCUT2D eigenvalue weighted by molar-refractivity contribution is 0.589. The van der Waals surface area contributed by atoms with Gasteiger partial charge >= 0.3 is 0 Å². The summed E-state index contributed by atoms with van der Waals surface area (Å²) in [5.74, 6) is 0. The minimum absolute atomic E-state index is 0.0385. The van der Waals surface area contributed by atoms with E-state index in [-0.39, 0.29) is 10.8 Å². The van der Waals surface area contributed by atoms with Crippen molar-refractivity contribution in [3.8, 4) is 22.4 Å². The van der Waals surface area contributed by atoms with E-state index in [2.05, 4.69) is 101 Å². The fourth-order valence-corrected chi connectivity index (χ4v) is 4.81. The van der Waals surface area contributed by atoms with Crippen LogP contribution < -0.4 is 0 Å². The number of aromatic nitrogens is 1. The maximum absolute atomic E-state index is 4.70. The first-order valence-corrected chi connectivity index (χ1v) is 10.4. The van der Waals surface area contributed by atoms with Gasteiger partial charge in [-0.1, -0.05) is 83.1 Å². The summed E-state index contributed by atoms with van der Waals surface area (Å²) in [6.07, 6.45) is 1.94. The Morgan fingerprint density at radius 3 is 2.34 bits per heavy atom. The lowest BCUT2D eigenvalue weighted by atomic mass is 9.79. The van der Waals surface area contributed by atoms with Crippen molar-refractivity contribution in [3.63, 3.8) is 0 Å². The van der Waals surface area contributed by atoms with Crippen molar-refractivity contribution in [2.45, 2.75) is 45.4 Å². The van der Waals surface area contributed by atoms with Gasteiger partial charge < -0.3 is 0 Å². The predicted molar refractivity (Wildman–Crippen MR) is 123 cm³/mol. The minimum Gasteiger partial charge on any atom is -0.256 e. The van der Waals surface area contributed by atoms with Gasteiger partial charge in [0.15, 0.2) is 0 Å². The van der Waals surface area contributed by atoms with Gasteiger partial charge in [0.1, 0.15) is 0 Å². The number of pyridine rings is 1. The molecule has 3 aromatic carbocycles. The second-order valence-electron chi connectivity index (χ2n) is 9.77. The predicted octanol–water partition coefficient (Wildman–Crippen LogP) is 7.51. The molecule has 4 aromatic rings. The SMILES string of the molecule is CC(C)(C)c1ccnc(-c2ccc3c(c2)C(C)(C)c2c-3ccc3ccccc23)c1. The van der Waals surface area contributed by atoms with Crippen molar-refractivity contribution in [1.82, 2.24) is 4.98 Å². The van der Waals surface area contributed by atoms with Crippen LogP contribution in [0.5, 0.6) is 0 Å². The van der Waals surface area contributed by atoms with Crippen LogP contribution >= 0.6 is 0 Å². The lowest BCUT2D eigenvalue weighted by Gasteiger charge is -2.24. The van der Waals surface area contributed by atoms with Crippen LogP contribution in [-0.2, 0) is 10.8 Å². The third-order valence-electron chi connectivity index (χ3n) is 6.46. The van der Waals surface area contributed by atoms with E-state index in [0.717, 1.165) is 5.69 Å². The largest absolute Gasteiger partial charge is 0.256 e. The van der Waals surface area contributed by atoms with Gasteiger partial charge in [-0.05, 0) is 62.2 Å². The maximum atomic E-state index is 4.70. The molecule has 0 fully saturated rings. The summed E-state index contributed by atoms with van der Waals surface area (Å²) in [6, 6.07) is 24.5. The molecule has 1 aliphatic carbocycles. The Balaban J connectivity index is 1.70. The number of hydrogen-bond acceptors (Lipinski definition) is 1. The number of nitrogens with zero attached hydrogens (tertiary/aromatic N) is 1. The number of hydrogen-bond donors (Lipinski definition) is 0. The highest BCUT2D eigenvalue weighted by Crippen LogP contribution is 2.52. The zero-order valence-corrected chi connectivity index (χ0v) is 17.9. The monoisotopic (exact) mass is 377 g/mol. The molecule has 1 aliphatic rings. The van der Waals surface area contributed by atoms with Crippen molar-refractivity contribution >= 4 is 10.8 Å². The maximum Gasteiger partial charge on any atom is 0.0705 e. The van der Waals surface area contributed by atoms with E-state index in [1.54, 1.807) is 0 Å². The van der Waals surface area contributed by atoms with Gasteiger partial charge in [-0.25, -0.2) is 0 Å². The molecule has 144 valence electrons. The molecule has 0 bridgehead atoms.